The molecule has 0 aromatic heterocycles. The molecule has 0 radical (unpaired) electrons. The van der Waals surface area contributed by atoms with Gasteiger partial charge in [-0.2, -0.15) is 5.26 Å². The van der Waals surface area contributed by atoms with Gasteiger partial charge in [0.2, 0.25) is 0 Å². The fourth-order valence-corrected chi connectivity index (χ4v) is 1.79. The third kappa shape index (κ3) is 4.74. The van der Waals surface area contributed by atoms with Gasteiger partial charge in [-0.15, -0.1) is 0 Å². The summed E-state index contributed by atoms with van der Waals surface area (Å²) < 4.78 is 10.8. The molecule has 2 unspecified atom stereocenters. The number of nitrogens with two attached hydrogens (primary N) is 1. The molecule has 0 fully saturated rings. The highest BCUT2D eigenvalue weighted by atomic mass is 16.5. The Labute approximate surface area is 108 Å². The zero-order chi connectivity index (χ0) is 13.6. The molecule has 0 aliphatic rings. The summed E-state index contributed by atoms with van der Waals surface area (Å²) in [5.74, 6) is 0.769. The molecule has 1 aromatic carbocycles. The largest absolute Gasteiger partial charge is 0.491 e. The summed E-state index contributed by atoms with van der Waals surface area (Å²) in [5.41, 5.74) is 5.98. The second kappa shape index (κ2) is 6.39. The predicted octanol–water partition coefficient (Wildman–Crippen LogP) is 2.23. The number of hydrogen-bond donors (Lipinski definition) is 1. The Morgan fingerprint density at radius 3 is 2.83 bits per heavy atom. The van der Waals surface area contributed by atoms with E-state index in [9.17, 15) is 0 Å². The van der Waals surface area contributed by atoms with Crippen LogP contribution in [0, 0.1) is 11.3 Å². The second-order valence-electron chi connectivity index (χ2n) is 4.74. The van der Waals surface area contributed by atoms with Gasteiger partial charge in [-0.1, -0.05) is 12.1 Å². The smallest absolute Gasteiger partial charge is 0.120 e. The molecule has 0 saturated carbocycles. The fourth-order valence-electron chi connectivity index (χ4n) is 1.79. The van der Waals surface area contributed by atoms with Crippen molar-refractivity contribution in [3.05, 3.63) is 29.8 Å². The van der Waals surface area contributed by atoms with Crippen molar-refractivity contribution in [1.29, 1.82) is 5.26 Å². The van der Waals surface area contributed by atoms with Crippen LogP contribution in [0.1, 0.15) is 25.8 Å². The van der Waals surface area contributed by atoms with Crippen molar-refractivity contribution < 1.29 is 9.47 Å². The fraction of sp³-hybridized carbons (Fsp3) is 0.500. The summed E-state index contributed by atoms with van der Waals surface area (Å²) in [6.07, 6.45) is 0.371. The number of nitrogens with zero attached hydrogens (tertiary/aromatic N) is 1. The zero-order valence-corrected chi connectivity index (χ0v) is 11.1. The molecule has 0 bridgehead atoms. The summed E-state index contributed by atoms with van der Waals surface area (Å²) in [6, 6.07) is 9.78. The average Bonchev–Trinajstić information content (AvgIpc) is 2.29. The molecule has 98 valence electrons. The van der Waals surface area contributed by atoms with Crippen LogP contribution in [0.5, 0.6) is 5.75 Å². The highest BCUT2D eigenvalue weighted by Crippen LogP contribution is 2.18. The number of hydrogen-bond acceptors (Lipinski definition) is 4. The Bertz CT molecular complexity index is 424. The maximum absolute atomic E-state index is 8.88. The first kappa shape index (κ1) is 14.5. The minimum Gasteiger partial charge on any atom is -0.491 e. The molecule has 4 heteroatoms. The Morgan fingerprint density at radius 1 is 1.50 bits per heavy atom. The van der Waals surface area contributed by atoms with Crippen LogP contribution in [0.15, 0.2) is 24.3 Å². The van der Waals surface area contributed by atoms with Crippen molar-refractivity contribution >= 4 is 0 Å². The molecule has 0 aliphatic heterocycles. The van der Waals surface area contributed by atoms with Gasteiger partial charge in [0.05, 0.1) is 18.8 Å². The Morgan fingerprint density at radius 2 is 2.22 bits per heavy atom. The minimum atomic E-state index is -0.858. The van der Waals surface area contributed by atoms with Gasteiger partial charge < -0.3 is 15.2 Å². The van der Waals surface area contributed by atoms with Crippen LogP contribution in [0.3, 0.4) is 0 Å². The van der Waals surface area contributed by atoms with Gasteiger partial charge in [-0.3, -0.25) is 0 Å². The van der Waals surface area contributed by atoms with Gasteiger partial charge >= 0.3 is 0 Å². The molecular formula is C14H20N2O2. The summed E-state index contributed by atoms with van der Waals surface area (Å²) >= 11 is 0. The SMILES string of the molecule is COCc1cccc(OC(C)CC(C)(N)C#N)c1. The first-order valence-electron chi connectivity index (χ1n) is 5.91. The molecule has 0 amide bonds. The first-order chi connectivity index (χ1) is 8.46. The number of rotatable bonds is 6. The number of methoxy groups -OCH3 is 1. The maximum atomic E-state index is 8.88. The molecule has 4 nitrogen and oxygen atoms in total. The van der Waals surface area contributed by atoms with Crippen LogP contribution in [-0.2, 0) is 11.3 Å². The summed E-state index contributed by atoms with van der Waals surface area (Å²) in [6.45, 7) is 4.16. The maximum Gasteiger partial charge on any atom is 0.120 e. The average molecular weight is 248 g/mol. The lowest BCUT2D eigenvalue weighted by molar-refractivity contribution is 0.180. The third-order valence-corrected chi connectivity index (χ3v) is 2.51. The van der Waals surface area contributed by atoms with E-state index >= 15 is 0 Å². The van der Waals surface area contributed by atoms with Crippen LogP contribution in [-0.4, -0.2) is 18.8 Å². The van der Waals surface area contributed by atoms with E-state index < -0.39 is 5.54 Å². The Kier molecular flexibility index (Phi) is 5.14. The van der Waals surface area contributed by atoms with Gasteiger partial charge in [0.25, 0.3) is 0 Å². The normalized spacial score (nSPS) is 15.5. The van der Waals surface area contributed by atoms with E-state index in [1.807, 2.05) is 31.2 Å². The molecule has 0 saturated heterocycles. The monoisotopic (exact) mass is 248 g/mol. The quantitative estimate of drug-likeness (QED) is 0.838. The standard InChI is InChI=1S/C14H20N2O2/c1-11(8-14(2,16)10-15)18-13-6-4-5-12(7-13)9-17-3/h4-7,11H,8-9,16H2,1-3H3. The van der Waals surface area contributed by atoms with Gasteiger partial charge in [-0.05, 0) is 31.5 Å². The first-order valence-corrected chi connectivity index (χ1v) is 5.91. The van der Waals surface area contributed by atoms with Crippen molar-refractivity contribution in [3.63, 3.8) is 0 Å². The lowest BCUT2D eigenvalue weighted by Crippen LogP contribution is -2.38. The lowest BCUT2D eigenvalue weighted by atomic mass is 9.98. The van der Waals surface area contributed by atoms with Crippen molar-refractivity contribution in [1.82, 2.24) is 0 Å². The van der Waals surface area contributed by atoms with Gasteiger partial charge in [0.1, 0.15) is 11.3 Å². The van der Waals surface area contributed by atoms with Crippen LogP contribution in [0.2, 0.25) is 0 Å². The van der Waals surface area contributed by atoms with E-state index in [2.05, 4.69) is 6.07 Å². The van der Waals surface area contributed by atoms with Gasteiger partial charge in [-0.25, -0.2) is 0 Å². The summed E-state index contributed by atoms with van der Waals surface area (Å²) in [5, 5.41) is 8.88. The molecule has 1 rings (SSSR count). The van der Waals surface area contributed by atoms with Crippen molar-refractivity contribution in [2.24, 2.45) is 5.73 Å². The molecular weight excluding hydrogens is 228 g/mol. The van der Waals surface area contributed by atoms with Gasteiger partial charge in [0, 0.05) is 13.5 Å². The van der Waals surface area contributed by atoms with E-state index in [0.717, 1.165) is 11.3 Å². The topological polar surface area (TPSA) is 68.3 Å². The zero-order valence-electron chi connectivity index (χ0n) is 11.1. The Hall–Kier alpha value is -1.57. The predicted molar refractivity (Wildman–Crippen MR) is 70.1 cm³/mol. The van der Waals surface area contributed by atoms with E-state index in [1.54, 1.807) is 14.0 Å². The molecule has 18 heavy (non-hydrogen) atoms. The highest BCUT2D eigenvalue weighted by molar-refractivity contribution is 5.28. The minimum absolute atomic E-state index is 0.113. The van der Waals surface area contributed by atoms with Crippen LogP contribution in [0.4, 0.5) is 0 Å². The molecule has 1 aromatic rings. The van der Waals surface area contributed by atoms with Crippen molar-refractivity contribution in [2.75, 3.05) is 7.11 Å². The number of ether oxygens (including phenoxy) is 2. The highest BCUT2D eigenvalue weighted by Gasteiger charge is 2.21. The number of benzene rings is 1. The molecule has 0 aliphatic carbocycles. The number of nitriles is 1. The Balaban J connectivity index is 2.62. The lowest BCUT2D eigenvalue weighted by Gasteiger charge is -2.22. The van der Waals surface area contributed by atoms with Crippen LogP contribution >= 0.6 is 0 Å². The second-order valence-corrected chi connectivity index (χ2v) is 4.74. The molecule has 0 spiro atoms. The van der Waals surface area contributed by atoms with E-state index in [0.29, 0.717) is 13.0 Å². The van der Waals surface area contributed by atoms with E-state index in [-0.39, 0.29) is 6.10 Å². The third-order valence-electron chi connectivity index (χ3n) is 2.51. The van der Waals surface area contributed by atoms with Crippen molar-refractivity contribution in [3.8, 4) is 11.8 Å². The molecule has 2 N–H and O–H groups in total. The summed E-state index contributed by atoms with van der Waals surface area (Å²) in [4.78, 5) is 0. The van der Waals surface area contributed by atoms with E-state index in [4.69, 9.17) is 20.5 Å². The molecule has 2 atom stereocenters. The van der Waals surface area contributed by atoms with Crippen LogP contribution < -0.4 is 10.5 Å². The molecule has 0 heterocycles. The van der Waals surface area contributed by atoms with E-state index in [1.165, 1.54) is 0 Å². The van der Waals surface area contributed by atoms with Crippen LogP contribution in [0.25, 0.3) is 0 Å². The summed E-state index contributed by atoms with van der Waals surface area (Å²) in [7, 11) is 1.66. The van der Waals surface area contributed by atoms with Gasteiger partial charge in [0.15, 0.2) is 0 Å². The van der Waals surface area contributed by atoms with Crippen molar-refractivity contribution in [2.45, 2.75) is 38.5 Å².